The standard InChI is InChI=1S/C17H17FO4/c1-20-15-9-7-12(11-16(15)21-2)8-10-17(19)22-14-6-4-3-5-13(14)18/h3-7,9,11H,8,10H2,1-2H3. The van der Waals surface area contributed by atoms with Crippen molar-refractivity contribution < 1.29 is 23.4 Å². The summed E-state index contributed by atoms with van der Waals surface area (Å²) in [5.74, 6) is 0.129. The van der Waals surface area contributed by atoms with Crippen molar-refractivity contribution >= 4 is 5.97 Å². The van der Waals surface area contributed by atoms with Crippen molar-refractivity contribution in [1.82, 2.24) is 0 Å². The summed E-state index contributed by atoms with van der Waals surface area (Å²) < 4.78 is 28.7. The van der Waals surface area contributed by atoms with Gasteiger partial charge in [0.25, 0.3) is 0 Å². The topological polar surface area (TPSA) is 44.8 Å². The molecule has 0 N–H and O–H groups in total. The summed E-state index contributed by atoms with van der Waals surface area (Å²) in [4.78, 5) is 11.8. The Morgan fingerprint density at radius 1 is 1.00 bits per heavy atom. The van der Waals surface area contributed by atoms with E-state index in [-0.39, 0.29) is 12.2 Å². The number of para-hydroxylation sites is 1. The molecule has 0 aliphatic carbocycles. The average Bonchev–Trinajstić information content (AvgIpc) is 2.54. The monoisotopic (exact) mass is 304 g/mol. The summed E-state index contributed by atoms with van der Waals surface area (Å²) in [6.45, 7) is 0. The molecule has 0 radical (unpaired) electrons. The third-order valence-electron chi connectivity index (χ3n) is 3.13. The number of ether oxygens (including phenoxy) is 3. The molecule has 2 rings (SSSR count). The molecule has 4 nitrogen and oxygen atoms in total. The second-order valence-corrected chi connectivity index (χ2v) is 4.59. The molecule has 5 heteroatoms. The summed E-state index contributed by atoms with van der Waals surface area (Å²) in [6, 6.07) is 11.2. The predicted octanol–water partition coefficient (Wildman–Crippen LogP) is 3.38. The highest BCUT2D eigenvalue weighted by Gasteiger charge is 2.10. The summed E-state index contributed by atoms with van der Waals surface area (Å²) in [5.41, 5.74) is 0.906. The number of methoxy groups -OCH3 is 2. The maximum atomic E-state index is 13.4. The van der Waals surface area contributed by atoms with Crippen molar-refractivity contribution in [1.29, 1.82) is 0 Å². The highest BCUT2D eigenvalue weighted by molar-refractivity contribution is 5.72. The van der Waals surface area contributed by atoms with Crippen LogP contribution in [0, 0.1) is 5.82 Å². The number of halogens is 1. The molecule has 0 aliphatic rings. The van der Waals surface area contributed by atoms with Crippen LogP contribution < -0.4 is 14.2 Å². The van der Waals surface area contributed by atoms with Gasteiger partial charge in [-0.05, 0) is 36.2 Å². The molecule has 2 aromatic rings. The van der Waals surface area contributed by atoms with Gasteiger partial charge in [0.2, 0.25) is 0 Å². The van der Waals surface area contributed by atoms with Gasteiger partial charge in [-0.25, -0.2) is 4.39 Å². The number of rotatable bonds is 6. The molecule has 0 atom stereocenters. The Bertz CT molecular complexity index is 655. The van der Waals surface area contributed by atoms with E-state index in [0.717, 1.165) is 5.56 Å². The smallest absolute Gasteiger partial charge is 0.311 e. The Morgan fingerprint density at radius 2 is 1.73 bits per heavy atom. The second kappa shape index (κ2) is 7.45. The van der Waals surface area contributed by atoms with Crippen LogP contribution in [-0.2, 0) is 11.2 Å². The van der Waals surface area contributed by atoms with Crippen LogP contribution in [0.2, 0.25) is 0 Å². The van der Waals surface area contributed by atoms with Crippen molar-refractivity contribution in [3.8, 4) is 17.2 Å². The molecule has 0 saturated carbocycles. The summed E-state index contributed by atoms with van der Waals surface area (Å²) in [5, 5.41) is 0. The molecule has 0 aliphatic heterocycles. The fourth-order valence-electron chi connectivity index (χ4n) is 1.98. The largest absolute Gasteiger partial charge is 0.493 e. The van der Waals surface area contributed by atoms with Crippen molar-refractivity contribution in [2.75, 3.05) is 14.2 Å². The van der Waals surface area contributed by atoms with Gasteiger partial charge < -0.3 is 14.2 Å². The molecule has 0 fully saturated rings. The maximum absolute atomic E-state index is 13.4. The number of hydrogen-bond donors (Lipinski definition) is 0. The van der Waals surface area contributed by atoms with Crippen LogP contribution in [0.4, 0.5) is 4.39 Å². The molecule has 116 valence electrons. The van der Waals surface area contributed by atoms with E-state index in [1.165, 1.54) is 18.2 Å². The van der Waals surface area contributed by atoms with Crippen LogP contribution in [0.15, 0.2) is 42.5 Å². The van der Waals surface area contributed by atoms with Crippen LogP contribution >= 0.6 is 0 Å². The molecule has 0 aromatic heterocycles. The lowest BCUT2D eigenvalue weighted by Crippen LogP contribution is -2.10. The number of benzene rings is 2. The minimum atomic E-state index is -0.554. The SMILES string of the molecule is COc1ccc(CCC(=O)Oc2ccccc2F)cc1OC. The number of aryl methyl sites for hydroxylation is 1. The van der Waals surface area contributed by atoms with Gasteiger partial charge in [-0.2, -0.15) is 0 Å². The van der Waals surface area contributed by atoms with E-state index in [4.69, 9.17) is 14.2 Å². The average molecular weight is 304 g/mol. The van der Waals surface area contributed by atoms with Crippen LogP contribution in [0.25, 0.3) is 0 Å². The number of hydrogen-bond acceptors (Lipinski definition) is 4. The van der Waals surface area contributed by atoms with E-state index in [2.05, 4.69) is 0 Å². The van der Waals surface area contributed by atoms with Gasteiger partial charge in [-0.3, -0.25) is 4.79 Å². The molecule has 0 amide bonds. The first-order chi connectivity index (χ1) is 10.6. The van der Waals surface area contributed by atoms with Crippen LogP contribution in [0.3, 0.4) is 0 Å². The predicted molar refractivity (Wildman–Crippen MR) is 79.9 cm³/mol. The zero-order valence-corrected chi connectivity index (χ0v) is 12.5. The van der Waals surface area contributed by atoms with Gasteiger partial charge in [0.15, 0.2) is 23.1 Å². The van der Waals surface area contributed by atoms with Crippen LogP contribution in [-0.4, -0.2) is 20.2 Å². The molecular formula is C17H17FO4. The Labute approximate surface area is 128 Å². The maximum Gasteiger partial charge on any atom is 0.311 e. The van der Waals surface area contributed by atoms with Gasteiger partial charge in [0, 0.05) is 6.42 Å². The molecule has 0 bridgehead atoms. The summed E-state index contributed by atoms with van der Waals surface area (Å²) in [7, 11) is 3.11. The molecule has 22 heavy (non-hydrogen) atoms. The molecule has 0 saturated heterocycles. The Kier molecular flexibility index (Phi) is 5.36. The molecule has 0 unspecified atom stereocenters. The number of carbonyl (C=O) groups excluding carboxylic acids is 1. The molecule has 0 spiro atoms. The van der Waals surface area contributed by atoms with E-state index in [1.807, 2.05) is 6.07 Å². The lowest BCUT2D eigenvalue weighted by atomic mass is 10.1. The summed E-state index contributed by atoms with van der Waals surface area (Å²) in [6.07, 6.45) is 0.609. The van der Waals surface area contributed by atoms with E-state index >= 15 is 0 Å². The van der Waals surface area contributed by atoms with Crippen molar-refractivity contribution in [3.05, 3.63) is 53.8 Å². The van der Waals surface area contributed by atoms with Crippen molar-refractivity contribution in [2.45, 2.75) is 12.8 Å². The lowest BCUT2D eigenvalue weighted by Gasteiger charge is -2.09. The van der Waals surface area contributed by atoms with Gasteiger partial charge >= 0.3 is 5.97 Å². The summed E-state index contributed by atoms with van der Waals surface area (Å²) >= 11 is 0. The zero-order chi connectivity index (χ0) is 15.9. The Hall–Kier alpha value is -2.56. The van der Waals surface area contributed by atoms with E-state index < -0.39 is 11.8 Å². The first-order valence-electron chi connectivity index (χ1n) is 6.80. The molecular weight excluding hydrogens is 287 g/mol. The van der Waals surface area contributed by atoms with Gasteiger partial charge in [0.1, 0.15) is 0 Å². The van der Waals surface area contributed by atoms with Crippen molar-refractivity contribution in [2.24, 2.45) is 0 Å². The highest BCUT2D eigenvalue weighted by atomic mass is 19.1. The fraction of sp³-hybridized carbons (Fsp3) is 0.235. The van der Waals surface area contributed by atoms with E-state index in [1.54, 1.807) is 32.4 Å². The van der Waals surface area contributed by atoms with Gasteiger partial charge in [0.05, 0.1) is 14.2 Å². The quantitative estimate of drug-likeness (QED) is 0.606. The first-order valence-corrected chi connectivity index (χ1v) is 6.80. The third kappa shape index (κ3) is 3.97. The zero-order valence-electron chi connectivity index (χ0n) is 12.5. The number of esters is 1. The minimum Gasteiger partial charge on any atom is -0.493 e. The van der Waals surface area contributed by atoms with Crippen LogP contribution in [0.1, 0.15) is 12.0 Å². The second-order valence-electron chi connectivity index (χ2n) is 4.59. The van der Waals surface area contributed by atoms with E-state index in [0.29, 0.717) is 17.9 Å². The van der Waals surface area contributed by atoms with Gasteiger partial charge in [-0.15, -0.1) is 0 Å². The highest BCUT2D eigenvalue weighted by Crippen LogP contribution is 2.28. The molecule has 2 aromatic carbocycles. The Morgan fingerprint density at radius 3 is 2.41 bits per heavy atom. The van der Waals surface area contributed by atoms with Crippen LogP contribution in [0.5, 0.6) is 17.2 Å². The van der Waals surface area contributed by atoms with Gasteiger partial charge in [-0.1, -0.05) is 18.2 Å². The van der Waals surface area contributed by atoms with Crippen molar-refractivity contribution in [3.63, 3.8) is 0 Å². The normalized spacial score (nSPS) is 10.1. The third-order valence-corrected chi connectivity index (χ3v) is 3.13. The fourth-order valence-corrected chi connectivity index (χ4v) is 1.98. The first kappa shape index (κ1) is 15.8. The number of carbonyl (C=O) groups is 1. The minimum absolute atomic E-state index is 0.0557. The van der Waals surface area contributed by atoms with E-state index in [9.17, 15) is 9.18 Å². The Balaban J connectivity index is 1.95. The lowest BCUT2D eigenvalue weighted by molar-refractivity contribution is -0.134. The molecule has 0 heterocycles.